The van der Waals surface area contributed by atoms with Crippen LogP contribution in [-0.2, 0) is 6.42 Å². The minimum atomic E-state index is -0.999. The van der Waals surface area contributed by atoms with E-state index in [1.165, 1.54) is 38.5 Å². The lowest BCUT2D eigenvalue weighted by molar-refractivity contribution is 0.124. The molecule has 0 saturated heterocycles. The van der Waals surface area contributed by atoms with Gasteiger partial charge in [-0.2, -0.15) is 4.39 Å². The highest BCUT2D eigenvalue weighted by atomic mass is 19.2. The van der Waals surface area contributed by atoms with Crippen LogP contribution in [0, 0.1) is 41.1 Å². The first-order chi connectivity index (χ1) is 15.5. The fourth-order valence-electron chi connectivity index (χ4n) is 6.25. The summed E-state index contributed by atoms with van der Waals surface area (Å²) in [6.07, 6.45) is 10.6. The Morgan fingerprint density at radius 3 is 2.06 bits per heavy atom. The minimum absolute atomic E-state index is 0.0460. The first-order valence-electron chi connectivity index (χ1n) is 12.4. The zero-order valence-electron chi connectivity index (χ0n) is 19.2. The van der Waals surface area contributed by atoms with Crippen LogP contribution in [0.15, 0.2) is 18.2 Å². The van der Waals surface area contributed by atoms with Gasteiger partial charge in [-0.25, -0.2) is 8.78 Å². The maximum atomic E-state index is 14.8. The summed E-state index contributed by atoms with van der Waals surface area (Å²) in [6, 6.07) is 5.08. The van der Waals surface area contributed by atoms with Crippen LogP contribution in [0.1, 0.15) is 70.8 Å². The molecule has 0 amide bonds. The highest BCUT2D eigenvalue weighted by molar-refractivity contribution is 6.03. The van der Waals surface area contributed by atoms with Crippen LogP contribution in [0.25, 0.3) is 22.3 Å². The van der Waals surface area contributed by atoms with Crippen LogP contribution in [-0.4, -0.2) is 6.61 Å². The number of hydrogen-bond donors (Lipinski definition) is 0. The molecule has 5 rings (SSSR count). The van der Waals surface area contributed by atoms with Crippen LogP contribution in [0.4, 0.5) is 13.2 Å². The highest BCUT2D eigenvalue weighted by Gasteiger charge is 2.35. The van der Waals surface area contributed by atoms with Gasteiger partial charge in [0.25, 0.3) is 0 Å². The molecule has 0 radical (unpaired) electrons. The van der Waals surface area contributed by atoms with Crippen molar-refractivity contribution in [2.45, 2.75) is 71.6 Å². The summed E-state index contributed by atoms with van der Waals surface area (Å²) in [5.74, 6) is 0.493. The number of rotatable bonds is 5. The molecule has 172 valence electrons. The molecule has 2 saturated carbocycles. The first kappa shape index (κ1) is 21.9. The minimum Gasteiger partial charge on any atom is -0.490 e. The second-order valence-corrected chi connectivity index (χ2v) is 10.4. The van der Waals surface area contributed by atoms with E-state index in [0.29, 0.717) is 35.6 Å². The summed E-state index contributed by atoms with van der Waals surface area (Å²) in [4.78, 5) is 0. The third kappa shape index (κ3) is 3.74. The molecule has 0 atom stereocenters. The fourth-order valence-corrected chi connectivity index (χ4v) is 6.25. The largest absolute Gasteiger partial charge is 0.490 e. The van der Waals surface area contributed by atoms with Crippen LogP contribution >= 0.6 is 0 Å². The van der Waals surface area contributed by atoms with Gasteiger partial charge in [-0.05, 0) is 91.4 Å². The van der Waals surface area contributed by atoms with Crippen LogP contribution in [0.3, 0.4) is 0 Å². The lowest BCUT2D eigenvalue weighted by Crippen LogP contribution is -2.27. The molecular formula is C28H33F3O. The summed E-state index contributed by atoms with van der Waals surface area (Å²) >= 11 is 0. The SMILES string of the molecule is CCc1ccc2c(c1F)-c1c-2cc(OCC2CCC(C3CCC(C)CC3)CC2)c(F)c1F. The summed E-state index contributed by atoms with van der Waals surface area (Å²) in [6.45, 7) is 4.63. The Morgan fingerprint density at radius 2 is 1.41 bits per heavy atom. The molecule has 0 N–H and O–H groups in total. The van der Waals surface area contributed by atoms with E-state index >= 15 is 0 Å². The Hall–Kier alpha value is -1.97. The Balaban J connectivity index is 1.23. The van der Waals surface area contributed by atoms with Crippen molar-refractivity contribution in [1.82, 2.24) is 0 Å². The number of hydrogen-bond acceptors (Lipinski definition) is 1. The van der Waals surface area contributed by atoms with E-state index < -0.39 is 17.5 Å². The van der Waals surface area contributed by atoms with E-state index in [2.05, 4.69) is 6.92 Å². The second kappa shape index (κ2) is 8.76. The monoisotopic (exact) mass is 442 g/mol. The standard InChI is InChI=1S/C28H33F3O/c1-3-18-12-13-21-22-14-23(27(30)28(31)25(22)24(21)26(18)29)32-15-17-6-10-20(11-7-17)19-8-4-16(2)5-9-19/h12-14,16-17,19-20H,3-11,15H2,1-2H3. The predicted octanol–water partition coefficient (Wildman–Crippen LogP) is 8.33. The van der Waals surface area contributed by atoms with Crippen molar-refractivity contribution in [2.75, 3.05) is 6.61 Å². The zero-order valence-corrected chi connectivity index (χ0v) is 19.2. The van der Waals surface area contributed by atoms with Crippen molar-refractivity contribution in [2.24, 2.45) is 23.7 Å². The summed E-state index contributed by atoms with van der Waals surface area (Å²) in [5.41, 5.74) is 1.97. The lowest BCUT2D eigenvalue weighted by Gasteiger charge is -2.37. The first-order valence-corrected chi connectivity index (χ1v) is 12.4. The van der Waals surface area contributed by atoms with Gasteiger partial charge in [-0.15, -0.1) is 0 Å². The van der Waals surface area contributed by atoms with Crippen molar-refractivity contribution >= 4 is 0 Å². The topological polar surface area (TPSA) is 9.23 Å². The molecule has 2 aromatic rings. The third-order valence-electron chi connectivity index (χ3n) is 8.41. The molecular weight excluding hydrogens is 409 g/mol. The normalized spacial score (nSPS) is 26.8. The Labute approximate surface area is 189 Å². The van der Waals surface area contributed by atoms with Gasteiger partial charge in [-0.1, -0.05) is 38.8 Å². The molecule has 0 spiro atoms. The van der Waals surface area contributed by atoms with Crippen LogP contribution < -0.4 is 4.74 Å². The molecule has 4 heteroatoms. The van der Waals surface area contributed by atoms with Gasteiger partial charge in [0.2, 0.25) is 5.82 Å². The van der Waals surface area contributed by atoms with E-state index in [4.69, 9.17) is 4.74 Å². The van der Waals surface area contributed by atoms with Crippen LogP contribution in [0.2, 0.25) is 0 Å². The maximum Gasteiger partial charge on any atom is 0.201 e. The van der Waals surface area contributed by atoms with Crippen molar-refractivity contribution in [3.05, 3.63) is 41.2 Å². The molecule has 2 fully saturated rings. The molecule has 0 bridgehead atoms. The van der Waals surface area contributed by atoms with Gasteiger partial charge in [0, 0.05) is 11.1 Å². The molecule has 3 aliphatic carbocycles. The maximum absolute atomic E-state index is 14.8. The zero-order chi connectivity index (χ0) is 22.4. The summed E-state index contributed by atoms with van der Waals surface area (Å²) in [7, 11) is 0. The number of fused-ring (bicyclic) bond motifs is 4. The summed E-state index contributed by atoms with van der Waals surface area (Å²) < 4.78 is 50.0. The fraction of sp³-hybridized carbons (Fsp3) is 0.571. The van der Waals surface area contributed by atoms with Crippen molar-refractivity contribution in [1.29, 1.82) is 0 Å². The number of halogens is 3. The van der Waals surface area contributed by atoms with Crippen molar-refractivity contribution in [3.8, 4) is 28.0 Å². The Kier molecular flexibility index (Phi) is 5.98. The second-order valence-electron chi connectivity index (χ2n) is 10.4. The van der Waals surface area contributed by atoms with Crippen molar-refractivity contribution in [3.63, 3.8) is 0 Å². The number of benzene rings is 2. The quantitative estimate of drug-likeness (QED) is 0.386. The van der Waals surface area contributed by atoms with Gasteiger partial charge in [0.15, 0.2) is 11.6 Å². The molecule has 0 aliphatic heterocycles. The Morgan fingerprint density at radius 1 is 0.781 bits per heavy atom. The van der Waals surface area contributed by atoms with E-state index in [1.807, 2.05) is 6.92 Å². The van der Waals surface area contributed by atoms with Gasteiger partial charge >= 0.3 is 0 Å². The Bertz CT molecular complexity index is 998. The average molecular weight is 443 g/mol. The predicted molar refractivity (Wildman–Crippen MR) is 122 cm³/mol. The number of aryl methyl sites for hydroxylation is 1. The molecule has 3 aliphatic rings. The number of ether oxygens (including phenoxy) is 1. The third-order valence-corrected chi connectivity index (χ3v) is 8.41. The van der Waals surface area contributed by atoms with Gasteiger partial charge in [0.1, 0.15) is 5.82 Å². The molecule has 2 aromatic carbocycles. The van der Waals surface area contributed by atoms with Gasteiger partial charge < -0.3 is 4.74 Å². The molecule has 1 nitrogen and oxygen atoms in total. The summed E-state index contributed by atoms with van der Waals surface area (Å²) in [5, 5.41) is 0. The smallest absolute Gasteiger partial charge is 0.201 e. The molecule has 0 unspecified atom stereocenters. The highest BCUT2D eigenvalue weighted by Crippen LogP contribution is 2.53. The molecule has 0 aromatic heterocycles. The van der Waals surface area contributed by atoms with E-state index in [0.717, 1.165) is 30.6 Å². The lowest BCUT2D eigenvalue weighted by atomic mass is 9.69. The van der Waals surface area contributed by atoms with Gasteiger partial charge in [-0.3, -0.25) is 0 Å². The van der Waals surface area contributed by atoms with E-state index in [1.54, 1.807) is 18.2 Å². The van der Waals surface area contributed by atoms with E-state index in [-0.39, 0.29) is 16.9 Å². The van der Waals surface area contributed by atoms with Crippen LogP contribution in [0.5, 0.6) is 5.75 Å². The van der Waals surface area contributed by atoms with Gasteiger partial charge in [0.05, 0.1) is 6.61 Å². The molecule has 32 heavy (non-hydrogen) atoms. The van der Waals surface area contributed by atoms with Crippen molar-refractivity contribution < 1.29 is 17.9 Å². The van der Waals surface area contributed by atoms with E-state index in [9.17, 15) is 13.2 Å². The average Bonchev–Trinajstić information content (AvgIpc) is 2.79. The molecule has 0 heterocycles.